The Bertz CT molecular complexity index is 563. The highest BCUT2D eigenvalue weighted by Gasteiger charge is 2.17. The van der Waals surface area contributed by atoms with Crippen LogP contribution in [0.25, 0.3) is 0 Å². The van der Waals surface area contributed by atoms with Crippen molar-refractivity contribution in [3.8, 4) is 6.07 Å². The van der Waals surface area contributed by atoms with Crippen molar-refractivity contribution < 1.29 is 4.79 Å². The summed E-state index contributed by atoms with van der Waals surface area (Å²) in [5.41, 5.74) is 0. The van der Waals surface area contributed by atoms with Gasteiger partial charge in [0.2, 0.25) is 0 Å². The quantitative estimate of drug-likeness (QED) is 0.732. The molecule has 2 aromatic heterocycles. The highest BCUT2D eigenvalue weighted by Crippen LogP contribution is 2.02. The second kappa shape index (κ2) is 4.52. The number of hydrogen-bond donors (Lipinski definition) is 0. The Morgan fingerprint density at radius 2 is 2.41 bits per heavy atom. The summed E-state index contributed by atoms with van der Waals surface area (Å²) < 4.78 is 2.12. The maximum absolute atomic E-state index is 11.9. The summed E-state index contributed by atoms with van der Waals surface area (Å²) in [6.07, 6.45) is 3.88. The van der Waals surface area contributed by atoms with Crippen LogP contribution in [0.2, 0.25) is 0 Å². The molecule has 0 aromatic carbocycles. The zero-order valence-corrected chi connectivity index (χ0v) is 9.11. The molecule has 0 aliphatic heterocycles. The van der Waals surface area contributed by atoms with Gasteiger partial charge in [-0.2, -0.15) is 19.7 Å². The lowest BCUT2D eigenvalue weighted by molar-refractivity contribution is 0.237. The Kier molecular flexibility index (Phi) is 2.91. The zero-order chi connectivity index (χ0) is 12.3. The highest BCUT2D eigenvalue weighted by molar-refractivity contribution is 5.77. The van der Waals surface area contributed by atoms with Gasteiger partial charge in [-0.1, -0.05) is 6.92 Å². The summed E-state index contributed by atoms with van der Waals surface area (Å²) >= 11 is 0. The van der Waals surface area contributed by atoms with E-state index in [0.29, 0.717) is 12.2 Å². The fourth-order valence-electron chi connectivity index (χ4n) is 1.33. The van der Waals surface area contributed by atoms with E-state index in [-0.39, 0.29) is 5.82 Å². The molecule has 8 nitrogen and oxygen atoms in total. The van der Waals surface area contributed by atoms with Gasteiger partial charge in [0.15, 0.2) is 0 Å². The van der Waals surface area contributed by atoms with E-state index in [1.54, 1.807) is 6.07 Å². The van der Waals surface area contributed by atoms with Gasteiger partial charge in [-0.25, -0.2) is 14.8 Å². The fraction of sp³-hybridized carbons (Fsp3) is 0.333. The van der Waals surface area contributed by atoms with Crippen LogP contribution in [-0.4, -0.2) is 35.6 Å². The number of nitriles is 1. The minimum Gasteiger partial charge on any atom is -0.243 e. The van der Waals surface area contributed by atoms with E-state index in [9.17, 15) is 4.79 Å². The third-order valence-electron chi connectivity index (χ3n) is 2.04. The summed E-state index contributed by atoms with van der Waals surface area (Å²) in [6.45, 7) is 1.95. The molecule has 0 aliphatic rings. The van der Waals surface area contributed by atoms with Crippen LogP contribution >= 0.6 is 0 Å². The molecular weight excluding hydrogens is 222 g/mol. The lowest BCUT2D eigenvalue weighted by Gasteiger charge is -2.01. The van der Waals surface area contributed by atoms with Gasteiger partial charge in [-0.3, -0.25) is 0 Å². The van der Waals surface area contributed by atoms with E-state index >= 15 is 0 Å². The van der Waals surface area contributed by atoms with Crippen LogP contribution in [0, 0.1) is 11.3 Å². The Labute approximate surface area is 96.5 Å². The standard InChI is InChI=1S/C9H9N7O/c1-2-3-8-13-7(4-10)14-16(8)9(17)15-6-11-5-12-15/h5-6H,2-3H2,1H3. The molecule has 2 rings (SSSR count). The van der Waals surface area contributed by atoms with Crippen LogP contribution < -0.4 is 0 Å². The van der Waals surface area contributed by atoms with Crippen LogP contribution in [0.15, 0.2) is 12.7 Å². The molecule has 0 atom stereocenters. The van der Waals surface area contributed by atoms with Crippen LogP contribution in [0.3, 0.4) is 0 Å². The Balaban J connectivity index is 2.40. The molecule has 0 radical (unpaired) electrons. The largest absolute Gasteiger partial charge is 0.372 e. The van der Waals surface area contributed by atoms with Gasteiger partial charge in [0, 0.05) is 6.42 Å². The second-order valence-electron chi connectivity index (χ2n) is 3.25. The molecule has 0 N–H and O–H groups in total. The molecule has 8 heteroatoms. The molecule has 0 fully saturated rings. The van der Waals surface area contributed by atoms with E-state index in [2.05, 4.69) is 20.2 Å². The lowest BCUT2D eigenvalue weighted by atomic mass is 10.3. The lowest BCUT2D eigenvalue weighted by Crippen LogP contribution is -2.23. The van der Waals surface area contributed by atoms with Gasteiger partial charge in [-0.15, -0.1) is 5.10 Å². The van der Waals surface area contributed by atoms with Crippen molar-refractivity contribution in [1.82, 2.24) is 29.5 Å². The van der Waals surface area contributed by atoms with E-state index in [1.165, 1.54) is 12.7 Å². The minimum absolute atomic E-state index is 0.0260. The predicted octanol–water partition coefficient (Wildman–Crippen LogP) is 0.210. The molecule has 86 valence electrons. The van der Waals surface area contributed by atoms with Crippen LogP contribution in [0.5, 0.6) is 0 Å². The van der Waals surface area contributed by atoms with Crippen molar-refractivity contribution in [2.75, 3.05) is 0 Å². The third kappa shape index (κ3) is 2.03. The van der Waals surface area contributed by atoms with E-state index in [4.69, 9.17) is 5.26 Å². The van der Waals surface area contributed by atoms with Gasteiger partial charge in [0.25, 0.3) is 5.82 Å². The van der Waals surface area contributed by atoms with Crippen molar-refractivity contribution >= 4 is 6.03 Å². The van der Waals surface area contributed by atoms with Gasteiger partial charge >= 0.3 is 6.03 Å². The number of hydrogen-bond acceptors (Lipinski definition) is 6. The first-order valence-corrected chi connectivity index (χ1v) is 5.01. The zero-order valence-electron chi connectivity index (χ0n) is 9.11. The summed E-state index contributed by atoms with van der Waals surface area (Å²) in [6, 6.07) is 1.31. The number of aromatic nitrogens is 6. The second-order valence-corrected chi connectivity index (χ2v) is 3.25. The number of aryl methyl sites for hydroxylation is 1. The number of carbonyl (C=O) groups is 1. The first kappa shape index (κ1) is 10.9. The fourth-order valence-corrected chi connectivity index (χ4v) is 1.33. The maximum Gasteiger partial charge on any atom is 0.372 e. The monoisotopic (exact) mass is 231 g/mol. The van der Waals surface area contributed by atoms with Crippen LogP contribution in [-0.2, 0) is 6.42 Å². The molecule has 0 spiro atoms. The van der Waals surface area contributed by atoms with Crippen molar-refractivity contribution in [1.29, 1.82) is 5.26 Å². The van der Waals surface area contributed by atoms with Crippen LogP contribution in [0.1, 0.15) is 25.0 Å². The summed E-state index contributed by atoms with van der Waals surface area (Å²) in [7, 11) is 0. The van der Waals surface area contributed by atoms with E-state index < -0.39 is 6.03 Å². The van der Waals surface area contributed by atoms with Crippen molar-refractivity contribution in [2.45, 2.75) is 19.8 Å². The van der Waals surface area contributed by atoms with E-state index in [0.717, 1.165) is 15.8 Å². The van der Waals surface area contributed by atoms with Gasteiger partial charge in [-0.05, 0) is 6.42 Å². The average Bonchev–Trinajstić information content (AvgIpc) is 2.97. The Morgan fingerprint density at radius 3 is 3.00 bits per heavy atom. The van der Waals surface area contributed by atoms with Crippen LogP contribution in [0.4, 0.5) is 4.79 Å². The average molecular weight is 231 g/mol. The molecule has 2 heterocycles. The first-order chi connectivity index (χ1) is 8.26. The van der Waals surface area contributed by atoms with Crippen molar-refractivity contribution in [2.24, 2.45) is 0 Å². The van der Waals surface area contributed by atoms with Gasteiger partial charge in [0.1, 0.15) is 24.5 Å². The van der Waals surface area contributed by atoms with Gasteiger partial charge in [0.05, 0.1) is 0 Å². The molecule has 0 saturated carbocycles. The highest BCUT2D eigenvalue weighted by atomic mass is 16.2. The normalized spacial score (nSPS) is 10.1. The van der Waals surface area contributed by atoms with E-state index in [1.807, 2.05) is 6.92 Å². The topological polar surface area (TPSA) is 102 Å². The first-order valence-electron chi connectivity index (χ1n) is 5.01. The van der Waals surface area contributed by atoms with Crippen molar-refractivity contribution in [3.05, 3.63) is 24.3 Å². The summed E-state index contributed by atoms with van der Waals surface area (Å²) in [4.78, 5) is 19.6. The SMILES string of the molecule is CCCc1nc(C#N)nn1C(=O)n1cncn1. The molecule has 0 saturated heterocycles. The Hall–Kier alpha value is -2.56. The predicted molar refractivity (Wildman–Crippen MR) is 54.9 cm³/mol. The minimum atomic E-state index is -0.500. The van der Waals surface area contributed by atoms with Gasteiger partial charge < -0.3 is 0 Å². The molecule has 17 heavy (non-hydrogen) atoms. The molecule has 0 aliphatic carbocycles. The molecule has 0 bridgehead atoms. The molecule has 2 aromatic rings. The number of rotatable bonds is 2. The molecular formula is C9H9N7O. The smallest absolute Gasteiger partial charge is 0.243 e. The summed E-state index contributed by atoms with van der Waals surface area (Å²) in [5.74, 6) is 0.423. The maximum atomic E-state index is 11.9. The Morgan fingerprint density at radius 1 is 1.59 bits per heavy atom. The number of carbonyl (C=O) groups excluding carboxylic acids is 1. The molecule has 0 amide bonds. The summed E-state index contributed by atoms with van der Waals surface area (Å²) in [5, 5.41) is 16.2. The van der Waals surface area contributed by atoms with Crippen molar-refractivity contribution in [3.63, 3.8) is 0 Å². The number of nitrogens with zero attached hydrogens (tertiary/aromatic N) is 7. The molecule has 0 unspecified atom stereocenters. The third-order valence-corrected chi connectivity index (χ3v) is 2.04.